The van der Waals surface area contributed by atoms with Crippen LogP contribution in [0.1, 0.15) is 5.56 Å². The zero-order valence-corrected chi connectivity index (χ0v) is 7.31. The molecule has 0 fully saturated rings. The number of rotatable bonds is 2. The topological polar surface area (TPSA) is 41.7 Å². The van der Waals surface area contributed by atoms with Crippen LogP contribution in [0.4, 0.5) is 4.39 Å². The van der Waals surface area contributed by atoms with Crippen molar-refractivity contribution < 1.29 is 4.39 Å². The molecule has 1 N–H and O–H groups in total. The van der Waals surface area contributed by atoms with E-state index in [9.17, 15) is 4.39 Å². The zero-order valence-electron chi connectivity index (χ0n) is 7.31. The zero-order chi connectivity index (χ0) is 9.97. The standard InChI is InChI=1S/C10H8FN3/c11-9-1-3-10(4-2-9)14-7-8(5-12)6-13-14/h1-7,12H. The summed E-state index contributed by atoms with van der Waals surface area (Å²) in [4.78, 5) is 0. The van der Waals surface area contributed by atoms with Crippen molar-refractivity contribution >= 4 is 6.21 Å². The normalized spacial score (nSPS) is 10.1. The molecule has 2 aromatic rings. The van der Waals surface area contributed by atoms with Crippen molar-refractivity contribution in [2.24, 2.45) is 0 Å². The molecule has 0 aliphatic rings. The van der Waals surface area contributed by atoms with Gasteiger partial charge in [-0.1, -0.05) is 0 Å². The minimum Gasteiger partial charge on any atom is -0.308 e. The minimum atomic E-state index is -0.270. The molecule has 0 unspecified atom stereocenters. The quantitative estimate of drug-likeness (QED) is 0.721. The van der Waals surface area contributed by atoms with Crippen LogP contribution in [-0.4, -0.2) is 16.0 Å². The number of nitrogens with zero attached hydrogens (tertiary/aromatic N) is 2. The molecule has 2 rings (SSSR count). The summed E-state index contributed by atoms with van der Waals surface area (Å²) in [6.45, 7) is 0. The van der Waals surface area contributed by atoms with Gasteiger partial charge in [0.1, 0.15) is 5.82 Å². The summed E-state index contributed by atoms with van der Waals surface area (Å²) in [5, 5.41) is 11.0. The predicted octanol–water partition coefficient (Wildman–Crippen LogP) is 2.01. The summed E-state index contributed by atoms with van der Waals surface area (Å²) in [6, 6.07) is 6.02. The molecule has 0 bridgehead atoms. The van der Waals surface area contributed by atoms with E-state index in [4.69, 9.17) is 5.41 Å². The third kappa shape index (κ3) is 1.54. The Kier molecular flexibility index (Phi) is 2.10. The van der Waals surface area contributed by atoms with Crippen molar-refractivity contribution in [3.63, 3.8) is 0 Å². The van der Waals surface area contributed by atoms with Crippen LogP contribution in [0.15, 0.2) is 36.7 Å². The molecule has 3 nitrogen and oxygen atoms in total. The fraction of sp³-hybridized carbons (Fsp3) is 0. The molecule has 0 amide bonds. The third-order valence-corrected chi connectivity index (χ3v) is 1.86. The number of nitrogens with one attached hydrogen (secondary N) is 1. The molecular weight excluding hydrogens is 181 g/mol. The molecule has 1 aromatic heterocycles. The molecule has 0 saturated heterocycles. The fourth-order valence-electron chi connectivity index (χ4n) is 1.15. The van der Waals surface area contributed by atoms with Crippen molar-refractivity contribution in [3.8, 4) is 5.69 Å². The Balaban J connectivity index is 2.39. The van der Waals surface area contributed by atoms with Crippen molar-refractivity contribution in [3.05, 3.63) is 48.0 Å². The van der Waals surface area contributed by atoms with Gasteiger partial charge in [-0.05, 0) is 24.3 Å². The second-order valence-corrected chi connectivity index (χ2v) is 2.84. The maximum atomic E-state index is 12.6. The van der Waals surface area contributed by atoms with E-state index in [1.165, 1.54) is 18.3 Å². The number of halogens is 1. The van der Waals surface area contributed by atoms with Gasteiger partial charge in [-0.25, -0.2) is 9.07 Å². The molecule has 0 aliphatic heterocycles. The van der Waals surface area contributed by atoms with Gasteiger partial charge in [0.05, 0.1) is 11.9 Å². The number of benzene rings is 1. The van der Waals surface area contributed by atoms with E-state index in [2.05, 4.69) is 5.10 Å². The van der Waals surface area contributed by atoms with Crippen molar-refractivity contribution in [1.29, 1.82) is 5.41 Å². The second-order valence-electron chi connectivity index (χ2n) is 2.84. The highest BCUT2D eigenvalue weighted by atomic mass is 19.1. The Morgan fingerprint density at radius 1 is 1.29 bits per heavy atom. The first-order valence-corrected chi connectivity index (χ1v) is 4.11. The number of aromatic nitrogens is 2. The van der Waals surface area contributed by atoms with Gasteiger partial charge >= 0.3 is 0 Å². The van der Waals surface area contributed by atoms with Crippen molar-refractivity contribution in [2.45, 2.75) is 0 Å². The summed E-state index contributed by atoms with van der Waals surface area (Å²) >= 11 is 0. The lowest BCUT2D eigenvalue weighted by Gasteiger charge is -1.99. The van der Waals surface area contributed by atoms with Gasteiger partial charge in [0.2, 0.25) is 0 Å². The van der Waals surface area contributed by atoms with Crippen LogP contribution in [0.2, 0.25) is 0 Å². The predicted molar refractivity (Wildman–Crippen MR) is 51.4 cm³/mol. The maximum absolute atomic E-state index is 12.6. The van der Waals surface area contributed by atoms with Gasteiger partial charge in [0, 0.05) is 18.0 Å². The average molecular weight is 189 g/mol. The van der Waals surface area contributed by atoms with Crippen LogP contribution in [0.25, 0.3) is 5.69 Å². The van der Waals surface area contributed by atoms with E-state index in [1.807, 2.05) is 0 Å². The first kappa shape index (κ1) is 8.62. The lowest BCUT2D eigenvalue weighted by atomic mass is 10.3. The molecule has 70 valence electrons. The van der Waals surface area contributed by atoms with Crippen LogP contribution in [0.5, 0.6) is 0 Å². The Hall–Kier alpha value is -1.97. The maximum Gasteiger partial charge on any atom is 0.123 e. The molecule has 14 heavy (non-hydrogen) atoms. The summed E-state index contributed by atoms with van der Waals surface area (Å²) in [5.74, 6) is -0.270. The summed E-state index contributed by atoms with van der Waals surface area (Å²) in [7, 11) is 0. The van der Waals surface area contributed by atoms with Gasteiger partial charge in [0.25, 0.3) is 0 Å². The van der Waals surface area contributed by atoms with E-state index in [0.717, 1.165) is 5.69 Å². The van der Waals surface area contributed by atoms with Crippen LogP contribution in [0, 0.1) is 11.2 Å². The first-order valence-electron chi connectivity index (χ1n) is 4.11. The molecule has 0 radical (unpaired) electrons. The highest BCUT2D eigenvalue weighted by Gasteiger charge is 1.98. The van der Waals surface area contributed by atoms with Crippen LogP contribution in [0.3, 0.4) is 0 Å². The van der Waals surface area contributed by atoms with Crippen molar-refractivity contribution in [1.82, 2.24) is 9.78 Å². The van der Waals surface area contributed by atoms with E-state index in [0.29, 0.717) is 5.56 Å². The van der Waals surface area contributed by atoms with Gasteiger partial charge in [-0.15, -0.1) is 0 Å². The molecule has 0 atom stereocenters. The minimum absolute atomic E-state index is 0.270. The second kappa shape index (κ2) is 3.41. The van der Waals surface area contributed by atoms with E-state index < -0.39 is 0 Å². The Morgan fingerprint density at radius 3 is 2.57 bits per heavy atom. The molecule has 1 heterocycles. The molecular formula is C10H8FN3. The van der Waals surface area contributed by atoms with E-state index in [-0.39, 0.29) is 5.82 Å². The highest BCUT2D eigenvalue weighted by Crippen LogP contribution is 2.08. The van der Waals surface area contributed by atoms with Crippen LogP contribution < -0.4 is 0 Å². The van der Waals surface area contributed by atoms with Gasteiger partial charge in [-0.3, -0.25) is 0 Å². The first-order chi connectivity index (χ1) is 6.79. The van der Waals surface area contributed by atoms with E-state index in [1.54, 1.807) is 29.2 Å². The smallest absolute Gasteiger partial charge is 0.123 e. The van der Waals surface area contributed by atoms with Crippen molar-refractivity contribution in [2.75, 3.05) is 0 Å². The van der Waals surface area contributed by atoms with E-state index >= 15 is 0 Å². The summed E-state index contributed by atoms with van der Waals surface area (Å²) in [5.41, 5.74) is 1.49. The molecule has 0 aliphatic carbocycles. The summed E-state index contributed by atoms with van der Waals surface area (Å²) in [6.07, 6.45) is 4.50. The van der Waals surface area contributed by atoms with Gasteiger partial charge in [-0.2, -0.15) is 5.10 Å². The molecule has 0 saturated carbocycles. The number of hydrogen-bond donors (Lipinski definition) is 1. The molecule has 4 heteroatoms. The third-order valence-electron chi connectivity index (χ3n) is 1.86. The lowest BCUT2D eigenvalue weighted by molar-refractivity contribution is 0.627. The van der Waals surface area contributed by atoms with Crippen LogP contribution in [-0.2, 0) is 0 Å². The van der Waals surface area contributed by atoms with Gasteiger partial charge < -0.3 is 5.41 Å². The molecule has 1 aromatic carbocycles. The number of hydrogen-bond acceptors (Lipinski definition) is 2. The monoisotopic (exact) mass is 189 g/mol. The Morgan fingerprint density at radius 2 is 2.00 bits per heavy atom. The highest BCUT2D eigenvalue weighted by molar-refractivity contribution is 5.75. The molecule has 0 spiro atoms. The van der Waals surface area contributed by atoms with Crippen LogP contribution >= 0.6 is 0 Å². The SMILES string of the molecule is N=Cc1cnn(-c2ccc(F)cc2)c1. The fourth-order valence-corrected chi connectivity index (χ4v) is 1.15. The Bertz CT molecular complexity index is 445. The van der Waals surface area contributed by atoms with Gasteiger partial charge in [0.15, 0.2) is 0 Å². The summed E-state index contributed by atoms with van der Waals surface area (Å²) < 4.78 is 14.2. The lowest BCUT2D eigenvalue weighted by Crippen LogP contribution is -1.93. The average Bonchev–Trinajstić information content (AvgIpc) is 2.67. The largest absolute Gasteiger partial charge is 0.308 e. The Labute approximate surface area is 80.3 Å².